The maximum atomic E-state index is 12.0. The molecule has 1 aliphatic rings. The van der Waals surface area contributed by atoms with Gasteiger partial charge in [-0.25, -0.2) is 0 Å². The molecular weight excluding hydrogens is 311 g/mol. The van der Waals surface area contributed by atoms with Crippen LogP contribution < -0.4 is 15.4 Å². The molecule has 0 aliphatic carbocycles. The number of halogens is 2. The Labute approximate surface area is 137 Å². The van der Waals surface area contributed by atoms with Gasteiger partial charge in [-0.05, 0) is 50.6 Å². The monoisotopic (exact) mass is 332 g/mol. The third-order valence-corrected chi connectivity index (χ3v) is 3.63. The van der Waals surface area contributed by atoms with Crippen LogP contribution in [0, 0.1) is 5.92 Å². The summed E-state index contributed by atoms with van der Waals surface area (Å²) in [5.41, 5.74) is 0. The number of benzene rings is 1. The van der Waals surface area contributed by atoms with E-state index in [0.717, 1.165) is 31.7 Å². The van der Waals surface area contributed by atoms with Crippen molar-refractivity contribution < 1.29 is 9.53 Å². The van der Waals surface area contributed by atoms with Gasteiger partial charge in [0, 0.05) is 11.6 Å². The average molecular weight is 333 g/mol. The van der Waals surface area contributed by atoms with Crippen molar-refractivity contribution in [2.75, 3.05) is 19.6 Å². The molecule has 1 aliphatic heterocycles. The molecule has 0 spiro atoms. The van der Waals surface area contributed by atoms with Crippen LogP contribution in [0.25, 0.3) is 0 Å². The molecule has 2 rings (SSSR count). The van der Waals surface area contributed by atoms with Crippen LogP contribution in [0.3, 0.4) is 0 Å². The third kappa shape index (κ3) is 6.12. The quantitative estimate of drug-likeness (QED) is 0.871. The summed E-state index contributed by atoms with van der Waals surface area (Å²) in [6, 6.07) is 7.23. The number of rotatable bonds is 5. The number of carbonyl (C=O) groups excluding carboxylic acids is 1. The molecule has 0 bridgehead atoms. The van der Waals surface area contributed by atoms with E-state index in [2.05, 4.69) is 10.6 Å². The van der Waals surface area contributed by atoms with Gasteiger partial charge in [0.1, 0.15) is 11.9 Å². The van der Waals surface area contributed by atoms with Gasteiger partial charge in [-0.3, -0.25) is 4.79 Å². The van der Waals surface area contributed by atoms with Gasteiger partial charge in [0.15, 0.2) is 0 Å². The molecule has 118 valence electrons. The highest BCUT2D eigenvalue weighted by Gasteiger charge is 2.21. The molecule has 0 radical (unpaired) electrons. The zero-order valence-electron chi connectivity index (χ0n) is 12.1. The van der Waals surface area contributed by atoms with Gasteiger partial charge in [-0.15, -0.1) is 12.4 Å². The second-order valence-electron chi connectivity index (χ2n) is 5.17. The van der Waals surface area contributed by atoms with Crippen LogP contribution in [0.4, 0.5) is 0 Å². The Bertz CT molecular complexity index is 434. The van der Waals surface area contributed by atoms with Gasteiger partial charge in [0.2, 0.25) is 5.91 Å². The number of amides is 1. The second-order valence-corrected chi connectivity index (χ2v) is 5.61. The Hall–Kier alpha value is -0.970. The molecule has 1 aromatic rings. The fourth-order valence-corrected chi connectivity index (χ4v) is 2.38. The average Bonchev–Trinajstić information content (AvgIpc) is 2.48. The van der Waals surface area contributed by atoms with Gasteiger partial charge in [-0.2, -0.15) is 0 Å². The van der Waals surface area contributed by atoms with E-state index in [1.165, 1.54) is 0 Å². The topological polar surface area (TPSA) is 50.4 Å². The first-order valence-corrected chi connectivity index (χ1v) is 7.43. The van der Waals surface area contributed by atoms with E-state index in [1.54, 1.807) is 12.1 Å². The third-order valence-electron chi connectivity index (χ3n) is 3.38. The van der Waals surface area contributed by atoms with Crippen molar-refractivity contribution in [1.29, 1.82) is 0 Å². The normalized spacial score (nSPS) is 19.2. The van der Waals surface area contributed by atoms with Crippen LogP contribution in [0.5, 0.6) is 5.75 Å². The van der Waals surface area contributed by atoms with E-state index in [0.29, 0.717) is 11.6 Å². The molecule has 6 heteroatoms. The van der Waals surface area contributed by atoms with E-state index in [9.17, 15) is 4.79 Å². The number of carbonyl (C=O) groups is 1. The first-order valence-electron chi connectivity index (χ1n) is 7.06. The maximum absolute atomic E-state index is 12.0. The largest absolute Gasteiger partial charge is 0.489 e. The lowest BCUT2D eigenvalue weighted by Crippen LogP contribution is -2.43. The van der Waals surface area contributed by atoms with Crippen molar-refractivity contribution in [2.24, 2.45) is 5.92 Å². The van der Waals surface area contributed by atoms with E-state index >= 15 is 0 Å². The smallest absolute Gasteiger partial charge is 0.224 e. The highest BCUT2D eigenvalue weighted by atomic mass is 35.5. The summed E-state index contributed by atoms with van der Waals surface area (Å²) in [5.74, 6) is 0.964. The summed E-state index contributed by atoms with van der Waals surface area (Å²) >= 11 is 5.82. The fraction of sp³-hybridized carbons (Fsp3) is 0.533. The summed E-state index contributed by atoms with van der Waals surface area (Å²) in [4.78, 5) is 12.0. The molecule has 0 saturated carbocycles. The van der Waals surface area contributed by atoms with E-state index in [-0.39, 0.29) is 30.3 Å². The van der Waals surface area contributed by atoms with Gasteiger partial charge in [-0.1, -0.05) is 11.6 Å². The summed E-state index contributed by atoms with van der Waals surface area (Å²) < 4.78 is 5.72. The second kappa shape index (κ2) is 9.13. The predicted octanol–water partition coefficient (Wildman–Crippen LogP) is 2.64. The van der Waals surface area contributed by atoms with Crippen molar-refractivity contribution in [3.05, 3.63) is 29.3 Å². The first-order chi connectivity index (χ1) is 9.65. The SMILES string of the molecule is CC(CNC(=O)C1CCCNC1)Oc1ccc(Cl)cc1.Cl. The van der Waals surface area contributed by atoms with Gasteiger partial charge in [0.05, 0.1) is 12.5 Å². The van der Waals surface area contributed by atoms with Crippen LogP contribution in [0.15, 0.2) is 24.3 Å². The molecule has 1 aromatic carbocycles. The highest BCUT2D eigenvalue weighted by Crippen LogP contribution is 2.16. The van der Waals surface area contributed by atoms with E-state index in [1.807, 2.05) is 19.1 Å². The van der Waals surface area contributed by atoms with Crippen LogP contribution in [-0.2, 0) is 4.79 Å². The molecule has 1 saturated heterocycles. The Morgan fingerprint density at radius 3 is 2.81 bits per heavy atom. The Balaban J connectivity index is 0.00000220. The van der Waals surface area contributed by atoms with Crippen LogP contribution in [0.1, 0.15) is 19.8 Å². The number of hydrogen-bond donors (Lipinski definition) is 2. The Kier molecular flexibility index (Phi) is 7.86. The summed E-state index contributed by atoms with van der Waals surface area (Å²) in [7, 11) is 0. The van der Waals surface area contributed by atoms with Crippen LogP contribution in [0.2, 0.25) is 5.02 Å². The van der Waals surface area contributed by atoms with Crippen LogP contribution >= 0.6 is 24.0 Å². The molecule has 1 fully saturated rings. The molecule has 0 aromatic heterocycles. The van der Waals surface area contributed by atoms with Crippen molar-refractivity contribution in [1.82, 2.24) is 10.6 Å². The summed E-state index contributed by atoms with van der Waals surface area (Å²) in [6.07, 6.45) is 1.96. The van der Waals surface area contributed by atoms with Crippen molar-refractivity contribution in [3.63, 3.8) is 0 Å². The molecule has 2 atom stereocenters. The molecule has 21 heavy (non-hydrogen) atoms. The molecule has 1 amide bonds. The Morgan fingerprint density at radius 1 is 1.48 bits per heavy atom. The zero-order valence-corrected chi connectivity index (χ0v) is 13.7. The molecule has 1 heterocycles. The van der Waals surface area contributed by atoms with Crippen molar-refractivity contribution in [2.45, 2.75) is 25.9 Å². The summed E-state index contributed by atoms with van der Waals surface area (Å²) in [6.45, 7) is 4.24. The molecule has 2 N–H and O–H groups in total. The number of ether oxygens (including phenoxy) is 1. The van der Waals surface area contributed by atoms with Gasteiger partial charge < -0.3 is 15.4 Å². The minimum Gasteiger partial charge on any atom is -0.489 e. The maximum Gasteiger partial charge on any atom is 0.224 e. The number of hydrogen-bond acceptors (Lipinski definition) is 3. The predicted molar refractivity (Wildman–Crippen MR) is 87.4 cm³/mol. The van der Waals surface area contributed by atoms with Crippen LogP contribution in [-0.4, -0.2) is 31.6 Å². The number of nitrogens with one attached hydrogen (secondary N) is 2. The van der Waals surface area contributed by atoms with Gasteiger partial charge >= 0.3 is 0 Å². The lowest BCUT2D eigenvalue weighted by molar-refractivity contribution is -0.125. The standard InChI is InChI=1S/C15H21ClN2O2.ClH/c1-11(20-14-6-4-13(16)5-7-14)9-18-15(19)12-3-2-8-17-10-12;/h4-7,11-12,17H,2-3,8-10H2,1H3,(H,18,19);1H. The minimum absolute atomic E-state index is 0. The summed E-state index contributed by atoms with van der Waals surface area (Å²) in [5, 5.41) is 6.88. The Morgan fingerprint density at radius 2 is 2.19 bits per heavy atom. The van der Waals surface area contributed by atoms with E-state index < -0.39 is 0 Å². The minimum atomic E-state index is -0.0725. The fourth-order valence-electron chi connectivity index (χ4n) is 2.25. The number of piperidine rings is 1. The molecular formula is C15H22Cl2N2O2. The lowest BCUT2D eigenvalue weighted by atomic mass is 9.99. The zero-order chi connectivity index (χ0) is 14.4. The lowest BCUT2D eigenvalue weighted by Gasteiger charge is -2.23. The first kappa shape index (κ1) is 18.1. The van der Waals surface area contributed by atoms with E-state index in [4.69, 9.17) is 16.3 Å². The van der Waals surface area contributed by atoms with Crippen molar-refractivity contribution >= 4 is 29.9 Å². The van der Waals surface area contributed by atoms with Crippen molar-refractivity contribution in [3.8, 4) is 5.75 Å². The molecule has 4 nitrogen and oxygen atoms in total. The molecule has 2 unspecified atom stereocenters. The van der Waals surface area contributed by atoms with Gasteiger partial charge in [0.25, 0.3) is 0 Å². The highest BCUT2D eigenvalue weighted by molar-refractivity contribution is 6.30.